The van der Waals surface area contributed by atoms with Crippen LogP contribution in [0.1, 0.15) is 25.8 Å². The van der Waals surface area contributed by atoms with Crippen molar-refractivity contribution in [2.75, 3.05) is 20.2 Å². The van der Waals surface area contributed by atoms with Gasteiger partial charge < -0.3 is 14.7 Å². The van der Waals surface area contributed by atoms with Gasteiger partial charge in [-0.25, -0.2) is 0 Å². The normalized spacial score (nSPS) is 12.4. The topological polar surface area (TPSA) is 49.8 Å². The molecule has 1 aromatic rings. The van der Waals surface area contributed by atoms with Gasteiger partial charge in [0.1, 0.15) is 5.75 Å². The largest absolute Gasteiger partial charge is 0.496 e. The maximum Gasteiger partial charge on any atom is 0.304 e. The van der Waals surface area contributed by atoms with Crippen molar-refractivity contribution in [3.63, 3.8) is 0 Å². The first-order valence-corrected chi connectivity index (χ1v) is 6.66. The van der Waals surface area contributed by atoms with Gasteiger partial charge in [0.15, 0.2) is 0 Å². The van der Waals surface area contributed by atoms with E-state index in [2.05, 4.69) is 24.8 Å². The highest BCUT2D eigenvalue weighted by Crippen LogP contribution is 2.20. The van der Waals surface area contributed by atoms with Crippen molar-refractivity contribution in [3.05, 3.63) is 29.8 Å². The maximum absolute atomic E-state index is 10.7. The second kappa shape index (κ2) is 7.79. The van der Waals surface area contributed by atoms with Gasteiger partial charge in [0.05, 0.1) is 13.5 Å². The molecule has 0 saturated heterocycles. The fraction of sp³-hybridized carbons (Fsp3) is 0.533. The molecule has 0 heterocycles. The van der Waals surface area contributed by atoms with Crippen LogP contribution in [0.4, 0.5) is 0 Å². The first kappa shape index (κ1) is 15.5. The number of methoxy groups -OCH3 is 1. The standard InChI is InChI=1S/C15H23NO3/c1-4-16(10-9-15(17)18)12(2)11-13-7-5-6-8-14(13)19-3/h5-8,12H,4,9-11H2,1-3H3,(H,17,18). The molecule has 0 bridgehead atoms. The van der Waals surface area contributed by atoms with E-state index >= 15 is 0 Å². The van der Waals surface area contributed by atoms with Crippen LogP contribution in [0, 0.1) is 0 Å². The van der Waals surface area contributed by atoms with Crippen LogP contribution in [-0.2, 0) is 11.2 Å². The minimum absolute atomic E-state index is 0.185. The van der Waals surface area contributed by atoms with Crippen molar-refractivity contribution in [2.24, 2.45) is 0 Å². The summed E-state index contributed by atoms with van der Waals surface area (Å²) in [5.41, 5.74) is 1.16. The Kier molecular flexibility index (Phi) is 6.36. The first-order valence-electron chi connectivity index (χ1n) is 6.66. The Morgan fingerprint density at radius 2 is 2.11 bits per heavy atom. The summed E-state index contributed by atoms with van der Waals surface area (Å²) in [6.07, 6.45) is 1.04. The van der Waals surface area contributed by atoms with Gasteiger partial charge in [-0.05, 0) is 31.5 Å². The molecule has 0 amide bonds. The Bertz CT molecular complexity index is 406. The Hall–Kier alpha value is -1.55. The SMILES string of the molecule is CCN(CCC(=O)O)C(C)Cc1ccccc1OC. The molecule has 0 fully saturated rings. The molecule has 4 heteroatoms. The van der Waals surface area contributed by atoms with E-state index in [-0.39, 0.29) is 6.42 Å². The third kappa shape index (κ3) is 4.91. The zero-order valence-corrected chi connectivity index (χ0v) is 11.9. The number of likely N-dealkylation sites (N-methyl/N-ethyl adjacent to an activating group) is 1. The molecule has 4 nitrogen and oxygen atoms in total. The Morgan fingerprint density at radius 1 is 1.42 bits per heavy atom. The number of hydrogen-bond donors (Lipinski definition) is 1. The predicted molar refractivity (Wildman–Crippen MR) is 75.7 cm³/mol. The minimum Gasteiger partial charge on any atom is -0.496 e. The highest BCUT2D eigenvalue weighted by Gasteiger charge is 2.15. The monoisotopic (exact) mass is 265 g/mol. The minimum atomic E-state index is -0.747. The van der Waals surface area contributed by atoms with Gasteiger partial charge in [0.25, 0.3) is 0 Å². The Labute approximate surface area is 115 Å². The van der Waals surface area contributed by atoms with E-state index in [1.165, 1.54) is 0 Å². The van der Waals surface area contributed by atoms with Gasteiger partial charge in [-0.15, -0.1) is 0 Å². The summed E-state index contributed by atoms with van der Waals surface area (Å²) in [4.78, 5) is 12.8. The van der Waals surface area contributed by atoms with E-state index in [1.54, 1.807) is 7.11 Å². The van der Waals surface area contributed by atoms with Crippen LogP contribution in [-0.4, -0.2) is 42.2 Å². The van der Waals surface area contributed by atoms with E-state index < -0.39 is 5.97 Å². The zero-order chi connectivity index (χ0) is 14.3. The quantitative estimate of drug-likeness (QED) is 0.784. The summed E-state index contributed by atoms with van der Waals surface area (Å²) >= 11 is 0. The summed E-state index contributed by atoms with van der Waals surface area (Å²) in [5, 5.41) is 8.76. The van der Waals surface area contributed by atoms with Crippen LogP contribution in [0.5, 0.6) is 5.75 Å². The van der Waals surface area contributed by atoms with Crippen LogP contribution < -0.4 is 4.74 Å². The second-order valence-corrected chi connectivity index (χ2v) is 4.64. The average Bonchev–Trinajstić information content (AvgIpc) is 2.39. The second-order valence-electron chi connectivity index (χ2n) is 4.64. The van der Waals surface area contributed by atoms with Crippen molar-refractivity contribution in [1.29, 1.82) is 0 Å². The number of aliphatic carboxylic acids is 1. The number of rotatable bonds is 8. The van der Waals surface area contributed by atoms with Gasteiger partial charge in [-0.3, -0.25) is 4.79 Å². The van der Waals surface area contributed by atoms with E-state index in [9.17, 15) is 4.79 Å². The molecule has 1 rings (SSSR count). The molecule has 0 aliphatic carbocycles. The lowest BCUT2D eigenvalue weighted by Crippen LogP contribution is -2.36. The molecular weight excluding hydrogens is 242 g/mol. The molecule has 1 unspecified atom stereocenters. The lowest BCUT2D eigenvalue weighted by molar-refractivity contribution is -0.137. The predicted octanol–water partition coefficient (Wildman–Crippen LogP) is 2.42. The molecule has 0 saturated carbocycles. The molecule has 1 N–H and O–H groups in total. The first-order chi connectivity index (χ1) is 9.08. The molecule has 106 valence electrons. The van der Waals surface area contributed by atoms with E-state index in [0.717, 1.165) is 24.3 Å². The molecule has 0 aromatic heterocycles. The summed E-state index contributed by atoms with van der Waals surface area (Å²) in [6.45, 7) is 5.62. The highest BCUT2D eigenvalue weighted by atomic mass is 16.5. The van der Waals surface area contributed by atoms with Crippen LogP contribution in [0.15, 0.2) is 24.3 Å². The number of carbonyl (C=O) groups is 1. The molecule has 0 aliphatic rings. The Balaban J connectivity index is 2.65. The fourth-order valence-corrected chi connectivity index (χ4v) is 2.25. The molecule has 0 aliphatic heterocycles. The number of nitrogens with zero attached hydrogens (tertiary/aromatic N) is 1. The number of benzene rings is 1. The van der Waals surface area contributed by atoms with E-state index in [0.29, 0.717) is 12.6 Å². The molecule has 0 spiro atoms. The van der Waals surface area contributed by atoms with Gasteiger partial charge in [-0.1, -0.05) is 25.1 Å². The molecular formula is C15H23NO3. The van der Waals surface area contributed by atoms with E-state index in [1.807, 2.05) is 18.2 Å². The van der Waals surface area contributed by atoms with Gasteiger partial charge >= 0.3 is 5.97 Å². The van der Waals surface area contributed by atoms with Crippen molar-refractivity contribution >= 4 is 5.97 Å². The number of carboxylic acid groups (broad SMARTS) is 1. The molecule has 0 radical (unpaired) electrons. The maximum atomic E-state index is 10.7. The Morgan fingerprint density at radius 3 is 2.68 bits per heavy atom. The fourth-order valence-electron chi connectivity index (χ4n) is 2.25. The number of para-hydroxylation sites is 1. The molecule has 19 heavy (non-hydrogen) atoms. The van der Waals surface area contributed by atoms with Crippen LogP contribution in [0.2, 0.25) is 0 Å². The van der Waals surface area contributed by atoms with Crippen molar-refractivity contribution in [3.8, 4) is 5.75 Å². The van der Waals surface area contributed by atoms with Crippen LogP contribution >= 0.6 is 0 Å². The summed E-state index contributed by atoms with van der Waals surface area (Å²) in [6, 6.07) is 8.25. The zero-order valence-electron chi connectivity index (χ0n) is 11.9. The summed E-state index contributed by atoms with van der Waals surface area (Å²) in [5.74, 6) is 0.145. The van der Waals surface area contributed by atoms with Crippen LogP contribution in [0.25, 0.3) is 0 Å². The van der Waals surface area contributed by atoms with Crippen LogP contribution in [0.3, 0.4) is 0 Å². The van der Waals surface area contributed by atoms with Crippen molar-refractivity contribution in [1.82, 2.24) is 4.90 Å². The van der Waals surface area contributed by atoms with Gasteiger partial charge in [0.2, 0.25) is 0 Å². The highest BCUT2D eigenvalue weighted by molar-refractivity contribution is 5.66. The van der Waals surface area contributed by atoms with Crippen molar-refractivity contribution in [2.45, 2.75) is 32.7 Å². The lowest BCUT2D eigenvalue weighted by atomic mass is 10.0. The molecule has 1 aromatic carbocycles. The number of carboxylic acids is 1. The number of hydrogen-bond acceptors (Lipinski definition) is 3. The molecule has 1 atom stereocenters. The third-order valence-electron chi connectivity index (χ3n) is 3.35. The summed E-state index contributed by atoms with van der Waals surface area (Å²) in [7, 11) is 1.67. The van der Waals surface area contributed by atoms with Crippen molar-refractivity contribution < 1.29 is 14.6 Å². The van der Waals surface area contributed by atoms with Gasteiger partial charge in [0, 0.05) is 12.6 Å². The average molecular weight is 265 g/mol. The summed E-state index contributed by atoms with van der Waals surface area (Å²) < 4.78 is 5.35. The lowest BCUT2D eigenvalue weighted by Gasteiger charge is -2.27. The van der Waals surface area contributed by atoms with Gasteiger partial charge in [-0.2, -0.15) is 0 Å². The van der Waals surface area contributed by atoms with E-state index in [4.69, 9.17) is 9.84 Å². The number of ether oxygens (including phenoxy) is 1. The smallest absolute Gasteiger partial charge is 0.304 e. The third-order valence-corrected chi connectivity index (χ3v) is 3.35.